The summed E-state index contributed by atoms with van der Waals surface area (Å²) >= 11 is 0. The molecule has 0 saturated carbocycles. The summed E-state index contributed by atoms with van der Waals surface area (Å²) in [4.78, 5) is 35.5. The van der Waals surface area contributed by atoms with E-state index in [-0.39, 0.29) is 30.5 Å². The monoisotopic (exact) mass is 321 g/mol. The van der Waals surface area contributed by atoms with Crippen molar-refractivity contribution in [2.24, 2.45) is 5.73 Å². The lowest BCUT2D eigenvalue weighted by Gasteiger charge is -2.22. The molecule has 1 atom stereocenters. The largest absolute Gasteiger partial charge is 0.481 e. The molecule has 1 aromatic carbocycles. The number of amides is 1. The SMILES string of the molecule is CC1Cc2cc(CC(=O)O)cc([N+](=O)[O-])c2N1C(=O)CCCN. The van der Waals surface area contributed by atoms with Crippen LogP contribution in [0.2, 0.25) is 0 Å². The van der Waals surface area contributed by atoms with E-state index in [1.54, 1.807) is 6.07 Å². The Labute approximate surface area is 133 Å². The van der Waals surface area contributed by atoms with E-state index < -0.39 is 10.9 Å². The maximum atomic E-state index is 12.4. The van der Waals surface area contributed by atoms with E-state index in [0.717, 1.165) is 0 Å². The summed E-state index contributed by atoms with van der Waals surface area (Å²) in [6.45, 7) is 2.20. The number of benzene rings is 1. The number of nitrogens with zero attached hydrogens (tertiary/aromatic N) is 2. The second kappa shape index (κ2) is 6.74. The van der Waals surface area contributed by atoms with Crippen LogP contribution in [-0.4, -0.2) is 34.5 Å². The minimum atomic E-state index is -1.05. The Kier molecular flexibility index (Phi) is 4.95. The Bertz CT molecular complexity index is 659. The van der Waals surface area contributed by atoms with E-state index in [1.165, 1.54) is 11.0 Å². The quantitative estimate of drug-likeness (QED) is 0.599. The van der Waals surface area contributed by atoms with Gasteiger partial charge in [-0.25, -0.2) is 0 Å². The van der Waals surface area contributed by atoms with Crippen molar-refractivity contribution in [2.45, 2.75) is 38.6 Å². The normalized spacial score (nSPS) is 16.3. The predicted octanol–water partition coefficient (Wildman–Crippen LogP) is 1.24. The molecule has 124 valence electrons. The number of fused-ring (bicyclic) bond motifs is 1. The number of carboxylic acids is 1. The average molecular weight is 321 g/mol. The highest BCUT2D eigenvalue weighted by molar-refractivity contribution is 5.99. The van der Waals surface area contributed by atoms with Crippen molar-refractivity contribution in [3.63, 3.8) is 0 Å². The smallest absolute Gasteiger partial charge is 0.307 e. The molecule has 3 N–H and O–H groups in total. The number of carboxylic acid groups (broad SMARTS) is 1. The fourth-order valence-electron chi connectivity index (χ4n) is 2.97. The third kappa shape index (κ3) is 3.48. The first-order valence-corrected chi connectivity index (χ1v) is 7.39. The standard InChI is InChI=1S/C15H19N3O5/c1-9-5-11-6-10(8-14(20)21)7-12(18(22)23)15(11)17(9)13(19)3-2-4-16/h6-7,9H,2-5,8,16H2,1H3,(H,20,21). The van der Waals surface area contributed by atoms with Gasteiger partial charge in [0.05, 0.1) is 11.3 Å². The van der Waals surface area contributed by atoms with Gasteiger partial charge in [-0.3, -0.25) is 19.7 Å². The van der Waals surface area contributed by atoms with Crippen LogP contribution < -0.4 is 10.6 Å². The number of rotatable bonds is 6. The van der Waals surface area contributed by atoms with Crippen molar-refractivity contribution in [1.82, 2.24) is 0 Å². The average Bonchev–Trinajstić information content (AvgIpc) is 2.78. The van der Waals surface area contributed by atoms with E-state index in [0.29, 0.717) is 36.2 Å². The molecule has 8 nitrogen and oxygen atoms in total. The maximum absolute atomic E-state index is 12.4. The molecule has 2 rings (SSSR count). The van der Waals surface area contributed by atoms with Crippen molar-refractivity contribution in [1.29, 1.82) is 0 Å². The highest BCUT2D eigenvalue weighted by Gasteiger charge is 2.37. The van der Waals surface area contributed by atoms with Gasteiger partial charge in [-0.1, -0.05) is 6.07 Å². The number of carbonyl (C=O) groups excluding carboxylic acids is 1. The van der Waals surface area contributed by atoms with Crippen LogP contribution in [0.3, 0.4) is 0 Å². The van der Waals surface area contributed by atoms with Crippen LogP contribution in [0, 0.1) is 10.1 Å². The minimum absolute atomic E-state index is 0.198. The summed E-state index contributed by atoms with van der Waals surface area (Å²) in [5.41, 5.74) is 6.50. The zero-order valence-corrected chi connectivity index (χ0v) is 12.8. The van der Waals surface area contributed by atoms with Crippen molar-refractivity contribution in [3.05, 3.63) is 33.4 Å². The molecule has 0 bridgehead atoms. The Morgan fingerprint density at radius 2 is 2.17 bits per heavy atom. The fraction of sp³-hybridized carbons (Fsp3) is 0.467. The zero-order valence-electron chi connectivity index (χ0n) is 12.8. The van der Waals surface area contributed by atoms with Gasteiger partial charge in [0.15, 0.2) is 0 Å². The van der Waals surface area contributed by atoms with Crippen LogP contribution in [0.4, 0.5) is 11.4 Å². The van der Waals surface area contributed by atoms with Crippen LogP contribution >= 0.6 is 0 Å². The van der Waals surface area contributed by atoms with Crippen LogP contribution in [0.25, 0.3) is 0 Å². The van der Waals surface area contributed by atoms with Crippen molar-refractivity contribution in [2.75, 3.05) is 11.4 Å². The van der Waals surface area contributed by atoms with Crippen LogP contribution in [0.1, 0.15) is 30.9 Å². The second-order valence-electron chi connectivity index (χ2n) is 5.66. The molecule has 1 aliphatic heterocycles. The lowest BCUT2D eigenvalue weighted by Crippen LogP contribution is -2.36. The molecule has 23 heavy (non-hydrogen) atoms. The van der Waals surface area contributed by atoms with Crippen LogP contribution in [0.15, 0.2) is 12.1 Å². The Hall–Kier alpha value is -2.48. The lowest BCUT2D eigenvalue weighted by molar-refractivity contribution is -0.384. The van der Waals surface area contributed by atoms with E-state index in [1.807, 2.05) is 6.92 Å². The number of hydrogen-bond donors (Lipinski definition) is 2. The lowest BCUT2D eigenvalue weighted by atomic mass is 10.0. The molecular weight excluding hydrogens is 302 g/mol. The molecule has 1 amide bonds. The zero-order chi connectivity index (χ0) is 17.1. The molecular formula is C15H19N3O5. The first-order valence-electron chi connectivity index (χ1n) is 7.39. The van der Waals surface area contributed by atoms with Crippen LogP contribution in [-0.2, 0) is 22.4 Å². The molecule has 1 unspecified atom stereocenters. The first kappa shape index (κ1) is 16.9. The summed E-state index contributed by atoms with van der Waals surface area (Å²) in [6, 6.07) is 2.69. The minimum Gasteiger partial charge on any atom is -0.481 e. The van der Waals surface area contributed by atoms with Gasteiger partial charge in [0.1, 0.15) is 5.69 Å². The topological polar surface area (TPSA) is 127 Å². The second-order valence-corrected chi connectivity index (χ2v) is 5.66. The van der Waals surface area contributed by atoms with Crippen LogP contribution in [0.5, 0.6) is 0 Å². The van der Waals surface area contributed by atoms with Gasteiger partial charge in [-0.2, -0.15) is 0 Å². The van der Waals surface area contributed by atoms with E-state index in [4.69, 9.17) is 10.8 Å². The Morgan fingerprint density at radius 3 is 2.74 bits per heavy atom. The molecule has 0 radical (unpaired) electrons. The maximum Gasteiger partial charge on any atom is 0.307 e. The highest BCUT2D eigenvalue weighted by Crippen LogP contribution is 2.41. The van der Waals surface area contributed by atoms with E-state index >= 15 is 0 Å². The van der Waals surface area contributed by atoms with Crippen molar-refractivity contribution >= 4 is 23.3 Å². The molecule has 0 spiro atoms. The number of aliphatic carboxylic acids is 1. The third-order valence-electron chi connectivity index (χ3n) is 3.84. The predicted molar refractivity (Wildman–Crippen MR) is 83.4 cm³/mol. The fourth-order valence-corrected chi connectivity index (χ4v) is 2.97. The van der Waals surface area contributed by atoms with Gasteiger partial charge < -0.3 is 15.7 Å². The van der Waals surface area contributed by atoms with Gasteiger partial charge >= 0.3 is 5.97 Å². The summed E-state index contributed by atoms with van der Waals surface area (Å²) < 4.78 is 0. The van der Waals surface area contributed by atoms with Gasteiger partial charge in [0, 0.05) is 18.5 Å². The van der Waals surface area contributed by atoms with E-state index in [9.17, 15) is 19.7 Å². The molecule has 1 aromatic rings. The summed E-state index contributed by atoms with van der Waals surface area (Å²) in [7, 11) is 0. The van der Waals surface area contributed by atoms with Gasteiger partial charge in [0.2, 0.25) is 5.91 Å². The third-order valence-corrected chi connectivity index (χ3v) is 3.84. The van der Waals surface area contributed by atoms with Gasteiger partial charge in [0.25, 0.3) is 5.69 Å². The summed E-state index contributed by atoms with van der Waals surface area (Å²) in [5.74, 6) is -1.25. The molecule has 8 heteroatoms. The van der Waals surface area contributed by atoms with Gasteiger partial charge in [-0.15, -0.1) is 0 Å². The Balaban J connectivity index is 2.47. The molecule has 0 aliphatic carbocycles. The highest BCUT2D eigenvalue weighted by atomic mass is 16.6. The molecule has 1 heterocycles. The molecule has 0 fully saturated rings. The van der Waals surface area contributed by atoms with Crippen molar-refractivity contribution in [3.8, 4) is 0 Å². The summed E-state index contributed by atoms with van der Waals surface area (Å²) in [6.07, 6.45) is 0.929. The molecule has 0 aromatic heterocycles. The first-order chi connectivity index (χ1) is 10.8. The number of nitro benzene ring substituents is 1. The van der Waals surface area contributed by atoms with Gasteiger partial charge in [-0.05, 0) is 37.4 Å². The van der Waals surface area contributed by atoms with E-state index in [2.05, 4.69) is 0 Å². The number of nitro groups is 1. The summed E-state index contributed by atoms with van der Waals surface area (Å²) in [5, 5.41) is 20.3. The molecule has 0 saturated heterocycles. The number of anilines is 1. The number of nitrogens with two attached hydrogens (primary N) is 1. The number of hydrogen-bond acceptors (Lipinski definition) is 5. The Morgan fingerprint density at radius 1 is 1.48 bits per heavy atom. The van der Waals surface area contributed by atoms with Crippen molar-refractivity contribution < 1.29 is 19.6 Å². The molecule has 1 aliphatic rings. The number of carbonyl (C=O) groups is 2.